The molecule has 0 aliphatic carbocycles. The summed E-state index contributed by atoms with van der Waals surface area (Å²) in [6.45, 7) is 5.33. The van der Waals surface area contributed by atoms with Gasteiger partial charge in [-0.1, -0.05) is 60.7 Å². The predicted molar refractivity (Wildman–Crippen MR) is 104 cm³/mol. The number of hydrogen-bond acceptors (Lipinski definition) is 4. The molecule has 0 bridgehead atoms. The van der Waals surface area contributed by atoms with Crippen molar-refractivity contribution in [2.24, 2.45) is 15.4 Å². The maximum atomic E-state index is 5.95. The molecule has 2 aromatic carbocycles. The normalized spacial score (nSPS) is 22.4. The van der Waals surface area contributed by atoms with Crippen molar-refractivity contribution in [1.82, 2.24) is 0 Å². The highest BCUT2D eigenvalue weighted by atomic mass is 16.5. The third kappa shape index (κ3) is 3.36. The molecule has 0 radical (unpaired) electrons. The van der Waals surface area contributed by atoms with Crippen LogP contribution < -0.4 is 0 Å². The van der Waals surface area contributed by atoms with Crippen molar-refractivity contribution in [3.63, 3.8) is 0 Å². The molecule has 0 saturated heterocycles. The standard InChI is InChI=1S/C22H24N2O2/c1-22(2,21-24-19(15-26-21)17-11-7-4-8-12-17)20-23-18(14-25-20)13-16-9-5-3-6-10-16/h3-12,18-19H,13-15H2,1-2H3/t18-,19-/m1/s1. The van der Waals surface area contributed by atoms with Gasteiger partial charge in [-0.2, -0.15) is 0 Å². The Labute approximate surface area is 154 Å². The molecule has 4 rings (SSSR count). The Morgan fingerprint density at radius 3 is 2.19 bits per heavy atom. The summed E-state index contributed by atoms with van der Waals surface area (Å²) < 4.78 is 11.9. The number of benzene rings is 2. The van der Waals surface area contributed by atoms with Gasteiger partial charge in [-0.25, -0.2) is 9.98 Å². The zero-order chi connectivity index (χ0) is 18.0. The first-order chi connectivity index (χ1) is 12.6. The van der Waals surface area contributed by atoms with Crippen LogP contribution in [0.5, 0.6) is 0 Å². The van der Waals surface area contributed by atoms with Gasteiger partial charge in [0, 0.05) is 0 Å². The zero-order valence-corrected chi connectivity index (χ0v) is 15.3. The van der Waals surface area contributed by atoms with Crippen molar-refractivity contribution in [3.05, 3.63) is 71.8 Å². The smallest absolute Gasteiger partial charge is 0.199 e. The first-order valence-electron chi connectivity index (χ1n) is 9.14. The number of aliphatic imine (C=N–C) groups is 2. The molecule has 2 heterocycles. The maximum Gasteiger partial charge on any atom is 0.199 e. The van der Waals surface area contributed by atoms with Gasteiger partial charge in [-0.3, -0.25) is 0 Å². The first kappa shape index (κ1) is 16.8. The van der Waals surface area contributed by atoms with E-state index in [1.807, 2.05) is 24.3 Å². The third-order valence-electron chi connectivity index (χ3n) is 4.93. The van der Waals surface area contributed by atoms with Crippen LogP contribution in [0.3, 0.4) is 0 Å². The van der Waals surface area contributed by atoms with E-state index in [9.17, 15) is 0 Å². The van der Waals surface area contributed by atoms with Crippen molar-refractivity contribution < 1.29 is 9.47 Å². The van der Waals surface area contributed by atoms with Gasteiger partial charge in [-0.15, -0.1) is 0 Å². The summed E-state index contributed by atoms with van der Waals surface area (Å²) in [5.41, 5.74) is 2.01. The summed E-state index contributed by atoms with van der Waals surface area (Å²) in [6, 6.07) is 20.9. The molecule has 26 heavy (non-hydrogen) atoms. The van der Waals surface area contributed by atoms with E-state index >= 15 is 0 Å². The quantitative estimate of drug-likeness (QED) is 0.812. The van der Waals surface area contributed by atoms with E-state index in [1.54, 1.807) is 0 Å². The van der Waals surface area contributed by atoms with Crippen molar-refractivity contribution in [2.75, 3.05) is 13.2 Å². The van der Waals surface area contributed by atoms with Crippen LogP contribution in [0.1, 0.15) is 31.0 Å². The van der Waals surface area contributed by atoms with Gasteiger partial charge in [-0.05, 0) is 31.4 Å². The van der Waals surface area contributed by atoms with E-state index in [1.165, 1.54) is 11.1 Å². The van der Waals surface area contributed by atoms with E-state index in [-0.39, 0.29) is 12.1 Å². The van der Waals surface area contributed by atoms with Crippen LogP contribution in [0, 0.1) is 5.41 Å². The number of rotatable bonds is 5. The van der Waals surface area contributed by atoms with Gasteiger partial charge in [0.2, 0.25) is 0 Å². The minimum atomic E-state index is -0.449. The number of ether oxygens (including phenoxy) is 2. The Morgan fingerprint density at radius 2 is 1.46 bits per heavy atom. The average Bonchev–Trinajstić information content (AvgIpc) is 3.34. The van der Waals surface area contributed by atoms with Crippen LogP contribution in [0.15, 0.2) is 70.6 Å². The van der Waals surface area contributed by atoms with E-state index in [0.717, 1.165) is 12.3 Å². The van der Waals surface area contributed by atoms with Gasteiger partial charge in [0.1, 0.15) is 24.7 Å². The van der Waals surface area contributed by atoms with Gasteiger partial charge < -0.3 is 9.47 Å². The lowest BCUT2D eigenvalue weighted by Crippen LogP contribution is -2.34. The Morgan fingerprint density at radius 1 is 0.846 bits per heavy atom. The lowest BCUT2D eigenvalue weighted by atomic mass is 9.93. The van der Waals surface area contributed by atoms with Crippen LogP contribution in [0.4, 0.5) is 0 Å². The van der Waals surface area contributed by atoms with Crippen molar-refractivity contribution in [3.8, 4) is 0 Å². The van der Waals surface area contributed by atoms with E-state index < -0.39 is 5.41 Å². The van der Waals surface area contributed by atoms with E-state index in [2.05, 4.69) is 50.2 Å². The van der Waals surface area contributed by atoms with Gasteiger partial charge in [0.25, 0.3) is 0 Å². The molecule has 0 fully saturated rings. The summed E-state index contributed by atoms with van der Waals surface area (Å²) in [7, 11) is 0. The lowest BCUT2D eigenvalue weighted by Gasteiger charge is -2.22. The summed E-state index contributed by atoms with van der Waals surface area (Å²) in [6.07, 6.45) is 0.889. The summed E-state index contributed by atoms with van der Waals surface area (Å²) in [5, 5.41) is 0. The van der Waals surface area contributed by atoms with Crippen molar-refractivity contribution in [2.45, 2.75) is 32.4 Å². The molecular weight excluding hydrogens is 324 g/mol. The van der Waals surface area contributed by atoms with Crippen LogP contribution in [0.25, 0.3) is 0 Å². The maximum absolute atomic E-state index is 5.95. The van der Waals surface area contributed by atoms with Gasteiger partial charge in [0.15, 0.2) is 11.8 Å². The molecule has 2 aliphatic rings. The summed E-state index contributed by atoms with van der Waals surface area (Å²) in [5.74, 6) is 1.44. The van der Waals surface area contributed by atoms with Crippen LogP contribution >= 0.6 is 0 Å². The van der Waals surface area contributed by atoms with Crippen molar-refractivity contribution >= 4 is 11.8 Å². The third-order valence-corrected chi connectivity index (χ3v) is 4.93. The molecule has 0 spiro atoms. The molecule has 0 saturated carbocycles. The summed E-state index contributed by atoms with van der Waals surface area (Å²) >= 11 is 0. The Bertz CT molecular complexity index is 813. The van der Waals surface area contributed by atoms with Crippen molar-refractivity contribution in [1.29, 1.82) is 0 Å². The highest BCUT2D eigenvalue weighted by Gasteiger charge is 2.41. The minimum Gasteiger partial charge on any atom is -0.478 e. The number of nitrogens with zero attached hydrogens (tertiary/aromatic N) is 2. The summed E-state index contributed by atoms with van der Waals surface area (Å²) in [4.78, 5) is 9.65. The van der Waals surface area contributed by atoms with Gasteiger partial charge >= 0.3 is 0 Å². The molecule has 0 N–H and O–H groups in total. The topological polar surface area (TPSA) is 43.2 Å². The molecule has 4 nitrogen and oxygen atoms in total. The highest BCUT2D eigenvalue weighted by molar-refractivity contribution is 6.05. The highest BCUT2D eigenvalue weighted by Crippen LogP contribution is 2.33. The van der Waals surface area contributed by atoms with Gasteiger partial charge in [0.05, 0.1) is 6.04 Å². The van der Waals surface area contributed by atoms with Crippen LogP contribution in [-0.2, 0) is 15.9 Å². The molecule has 0 unspecified atom stereocenters. The monoisotopic (exact) mass is 348 g/mol. The first-order valence-corrected chi connectivity index (χ1v) is 9.14. The molecule has 2 aliphatic heterocycles. The molecular formula is C22H24N2O2. The zero-order valence-electron chi connectivity index (χ0n) is 15.3. The molecule has 0 amide bonds. The SMILES string of the molecule is CC(C)(C1=N[C@H](Cc2ccccc2)CO1)C1=N[C@@H](c2ccccc2)CO1. The Kier molecular flexibility index (Phi) is 4.49. The molecule has 2 atom stereocenters. The van der Waals surface area contributed by atoms with E-state index in [4.69, 9.17) is 19.5 Å². The second-order valence-corrected chi connectivity index (χ2v) is 7.39. The average molecular weight is 348 g/mol. The second-order valence-electron chi connectivity index (χ2n) is 7.39. The minimum absolute atomic E-state index is 0.0487. The Balaban J connectivity index is 1.49. The van der Waals surface area contributed by atoms with Crippen LogP contribution in [-0.4, -0.2) is 31.1 Å². The molecule has 0 aromatic heterocycles. The number of hydrogen-bond donors (Lipinski definition) is 0. The van der Waals surface area contributed by atoms with Crippen LogP contribution in [0.2, 0.25) is 0 Å². The van der Waals surface area contributed by atoms with E-state index in [0.29, 0.717) is 19.1 Å². The molecule has 2 aromatic rings. The lowest BCUT2D eigenvalue weighted by molar-refractivity contribution is 0.264. The molecule has 134 valence electrons. The fourth-order valence-electron chi connectivity index (χ4n) is 3.40. The second kappa shape index (κ2) is 6.94. The Hall–Kier alpha value is -2.62. The fraction of sp³-hybridized carbons (Fsp3) is 0.364. The largest absolute Gasteiger partial charge is 0.478 e. The predicted octanol–water partition coefficient (Wildman–Crippen LogP) is 4.22. The molecule has 4 heteroatoms. The fourth-order valence-corrected chi connectivity index (χ4v) is 3.40.